The maximum atomic E-state index is 12.1. The lowest BCUT2D eigenvalue weighted by atomic mass is 10.0. The second kappa shape index (κ2) is 5.76. The largest absolute Gasteiger partial charge is 0.444 e. The molecule has 3 aliphatic rings. The van der Waals surface area contributed by atoms with E-state index in [2.05, 4.69) is 4.90 Å². The summed E-state index contributed by atoms with van der Waals surface area (Å²) in [5, 5.41) is 0. The molecule has 0 aromatic heterocycles. The van der Waals surface area contributed by atoms with Crippen LogP contribution in [0.4, 0.5) is 4.79 Å². The van der Waals surface area contributed by atoms with E-state index in [4.69, 9.17) is 9.47 Å². The Morgan fingerprint density at radius 3 is 2.14 bits per heavy atom. The van der Waals surface area contributed by atoms with E-state index in [1.54, 1.807) is 0 Å². The maximum Gasteiger partial charge on any atom is 0.410 e. The van der Waals surface area contributed by atoms with E-state index in [1.165, 1.54) is 0 Å². The molecule has 120 valence electrons. The molecule has 21 heavy (non-hydrogen) atoms. The van der Waals surface area contributed by atoms with Crippen LogP contribution < -0.4 is 0 Å². The number of fused-ring (bicyclic) bond motifs is 1. The molecule has 3 rings (SSSR count). The Hall–Kier alpha value is -0.810. The Bertz CT molecular complexity index is 373. The van der Waals surface area contributed by atoms with Crippen molar-refractivity contribution in [1.82, 2.24) is 9.80 Å². The van der Waals surface area contributed by atoms with Gasteiger partial charge in [-0.1, -0.05) is 0 Å². The van der Waals surface area contributed by atoms with Gasteiger partial charge in [0.1, 0.15) is 5.60 Å². The molecule has 2 atom stereocenters. The Labute approximate surface area is 127 Å². The van der Waals surface area contributed by atoms with E-state index >= 15 is 0 Å². The highest BCUT2D eigenvalue weighted by Gasteiger charge is 2.44. The van der Waals surface area contributed by atoms with Gasteiger partial charge in [0.05, 0.1) is 0 Å². The molecule has 0 aromatic rings. The summed E-state index contributed by atoms with van der Waals surface area (Å²) in [5.74, 6) is 1.25. The van der Waals surface area contributed by atoms with Crippen molar-refractivity contribution in [3.8, 4) is 0 Å². The van der Waals surface area contributed by atoms with Gasteiger partial charge in [0, 0.05) is 45.4 Å². The molecule has 2 unspecified atom stereocenters. The smallest absolute Gasteiger partial charge is 0.410 e. The molecule has 3 fully saturated rings. The van der Waals surface area contributed by atoms with Crippen LogP contribution in [0.2, 0.25) is 0 Å². The molecule has 5 nitrogen and oxygen atoms in total. The van der Waals surface area contributed by atoms with E-state index in [1.807, 2.05) is 25.7 Å². The summed E-state index contributed by atoms with van der Waals surface area (Å²) in [4.78, 5) is 16.7. The Balaban J connectivity index is 1.50. The van der Waals surface area contributed by atoms with Gasteiger partial charge in [-0.15, -0.1) is 0 Å². The van der Waals surface area contributed by atoms with E-state index in [0.29, 0.717) is 17.9 Å². The van der Waals surface area contributed by atoms with Gasteiger partial charge in [-0.05, 0) is 45.4 Å². The first-order chi connectivity index (χ1) is 9.92. The van der Waals surface area contributed by atoms with Gasteiger partial charge in [0.2, 0.25) is 0 Å². The number of carbonyl (C=O) groups is 1. The van der Waals surface area contributed by atoms with E-state index in [9.17, 15) is 4.79 Å². The average Bonchev–Trinajstić information content (AvgIpc) is 2.95. The zero-order chi connectivity index (χ0) is 15.0. The number of amides is 1. The highest BCUT2D eigenvalue weighted by atomic mass is 16.6. The van der Waals surface area contributed by atoms with Gasteiger partial charge < -0.3 is 14.4 Å². The number of likely N-dealkylation sites (tertiary alicyclic amines) is 2. The monoisotopic (exact) mass is 296 g/mol. The second-order valence-corrected chi connectivity index (χ2v) is 7.70. The van der Waals surface area contributed by atoms with Gasteiger partial charge in [-0.3, -0.25) is 4.90 Å². The van der Waals surface area contributed by atoms with Gasteiger partial charge in [-0.25, -0.2) is 4.79 Å². The van der Waals surface area contributed by atoms with Crippen LogP contribution in [-0.4, -0.2) is 66.9 Å². The molecule has 0 aliphatic carbocycles. The molecule has 0 saturated carbocycles. The van der Waals surface area contributed by atoms with Crippen molar-refractivity contribution in [1.29, 1.82) is 0 Å². The topological polar surface area (TPSA) is 42.0 Å². The van der Waals surface area contributed by atoms with Crippen molar-refractivity contribution in [3.05, 3.63) is 0 Å². The molecule has 0 aromatic carbocycles. The summed E-state index contributed by atoms with van der Waals surface area (Å²) in [5.41, 5.74) is -0.400. The average molecular weight is 296 g/mol. The van der Waals surface area contributed by atoms with Crippen LogP contribution in [0.15, 0.2) is 0 Å². The third-order valence-corrected chi connectivity index (χ3v) is 4.87. The lowest BCUT2D eigenvalue weighted by Gasteiger charge is -2.32. The van der Waals surface area contributed by atoms with Crippen LogP contribution in [0.25, 0.3) is 0 Å². The van der Waals surface area contributed by atoms with E-state index in [0.717, 1.165) is 52.2 Å². The van der Waals surface area contributed by atoms with Crippen molar-refractivity contribution < 1.29 is 14.3 Å². The molecular weight excluding hydrogens is 268 g/mol. The number of ether oxygens (including phenoxy) is 2. The molecule has 0 bridgehead atoms. The summed E-state index contributed by atoms with van der Waals surface area (Å²) in [7, 11) is 0. The zero-order valence-electron chi connectivity index (χ0n) is 13.5. The fraction of sp³-hybridized carbons (Fsp3) is 0.938. The molecule has 1 amide bonds. The SMILES string of the molecule is CC(C)(C)OC(=O)N1CC2CN(C3CCOCC3)CC2C1. The first-order valence-electron chi connectivity index (χ1n) is 8.22. The normalized spacial score (nSPS) is 31.5. The molecule has 3 saturated heterocycles. The summed E-state index contributed by atoms with van der Waals surface area (Å²) in [6.45, 7) is 11.6. The third-order valence-electron chi connectivity index (χ3n) is 4.87. The molecule has 3 heterocycles. The van der Waals surface area contributed by atoms with Gasteiger partial charge in [-0.2, -0.15) is 0 Å². The van der Waals surface area contributed by atoms with Crippen molar-refractivity contribution >= 4 is 6.09 Å². The standard InChI is InChI=1S/C16H28N2O3/c1-16(2,3)21-15(19)18-10-12-8-17(9-13(12)11-18)14-4-6-20-7-5-14/h12-14H,4-11H2,1-3H3. The molecule has 0 radical (unpaired) electrons. The van der Waals surface area contributed by atoms with Crippen molar-refractivity contribution in [2.75, 3.05) is 39.4 Å². The fourth-order valence-electron chi connectivity index (χ4n) is 3.85. The molecule has 5 heteroatoms. The molecule has 0 N–H and O–H groups in total. The lowest BCUT2D eigenvalue weighted by molar-refractivity contribution is 0.0238. The predicted molar refractivity (Wildman–Crippen MR) is 80.2 cm³/mol. The minimum absolute atomic E-state index is 0.144. The van der Waals surface area contributed by atoms with Crippen LogP contribution >= 0.6 is 0 Å². The summed E-state index contributed by atoms with van der Waals surface area (Å²) >= 11 is 0. The van der Waals surface area contributed by atoms with E-state index in [-0.39, 0.29) is 6.09 Å². The molecular formula is C16H28N2O3. The van der Waals surface area contributed by atoms with Crippen LogP contribution in [0.3, 0.4) is 0 Å². The minimum atomic E-state index is -0.400. The van der Waals surface area contributed by atoms with Gasteiger partial charge >= 0.3 is 6.09 Å². The van der Waals surface area contributed by atoms with Gasteiger partial charge in [0.25, 0.3) is 0 Å². The third kappa shape index (κ3) is 3.51. The Kier molecular flexibility index (Phi) is 4.14. The quantitative estimate of drug-likeness (QED) is 0.742. The number of rotatable bonds is 1. The second-order valence-electron chi connectivity index (χ2n) is 7.70. The maximum absolute atomic E-state index is 12.1. The lowest BCUT2D eigenvalue weighted by Crippen LogP contribution is -2.41. The highest BCUT2D eigenvalue weighted by Crippen LogP contribution is 2.34. The van der Waals surface area contributed by atoms with Crippen molar-refractivity contribution in [2.45, 2.75) is 45.3 Å². The summed E-state index contributed by atoms with van der Waals surface area (Å²) in [6.07, 6.45) is 2.18. The van der Waals surface area contributed by atoms with E-state index < -0.39 is 5.60 Å². The summed E-state index contributed by atoms with van der Waals surface area (Å²) < 4.78 is 10.9. The Morgan fingerprint density at radius 2 is 1.62 bits per heavy atom. The fourth-order valence-corrected chi connectivity index (χ4v) is 3.85. The number of carbonyl (C=O) groups excluding carboxylic acids is 1. The van der Waals surface area contributed by atoms with Crippen LogP contribution in [0.1, 0.15) is 33.6 Å². The van der Waals surface area contributed by atoms with Crippen molar-refractivity contribution in [3.63, 3.8) is 0 Å². The number of hydrogen-bond donors (Lipinski definition) is 0. The predicted octanol–water partition coefficient (Wildman–Crippen LogP) is 1.96. The van der Waals surface area contributed by atoms with Crippen LogP contribution in [-0.2, 0) is 9.47 Å². The van der Waals surface area contributed by atoms with Crippen LogP contribution in [0, 0.1) is 11.8 Å². The van der Waals surface area contributed by atoms with Crippen LogP contribution in [0.5, 0.6) is 0 Å². The molecule has 3 aliphatic heterocycles. The number of hydrogen-bond acceptors (Lipinski definition) is 4. The Morgan fingerprint density at radius 1 is 1.05 bits per heavy atom. The zero-order valence-corrected chi connectivity index (χ0v) is 13.5. The number of nitrogens with zero attached hydrogens (tertiary/aromatic N) is 2. The molecule has 0 spiro atoms. The highest BCUT2D eigenvalue weighted by molar-refractivity contribution is 5.68. The van der Waals surface area contributed by atoms with Gasteiger partial charge in [0.15, 0.2) is 0 Å². The first-order valence-corrected chi connectivity index (χ1v) is 8.22. The summed E-state index contributed by atoms with van der Waals surface area (Å²) in [6, 6.07) is 0.694. The van der Waals surface area contributed by atoms with Crippen molar-refractivity contribution in [2.24, 2.45) is 11.8 Å². The first kappa shape index (κ1) is 15.1. The minimum Gasteiger partial charge on any atom is -0.444 e.